The maximum atomic E-state index is 12.0. The van der Waals surface area contributed by atoms with Gasteiger partial charge in [0.05, 0.1) is 24.1 Å². The van der Waals surface area contributed by atoms with Gasteiger partial charge in [-0.15, -0.1) is 0 Å². The van der Waals surface area contributed by atoms with Crippen LogP contribution in [0.25, 0.3) is 0 Å². The van der Waals surface area contributed by atoms with Crippen molar-refractivity contribution < 1.29 is 9.53 Å². The zero-order chi connectivity index (χ0) is 14.4. The minimum Gasteiger partial charge on any atom is -0.478 e. The van der Waals surface area contributed by atoms with E-state index in [1.54, 1.807) is 24.3 Å². The second-order valence-corrected chi connectivity index (χ2v) is 3.85. The van der Waals surface area contributed by atoms with Gasteiger partial charge < -0.3 is 15.5 Å². The van der Waals surface area contributed by atoms with Gasteiger partial charge in [-0.3, -0.25) is 4.79 Å². The first-order valence-corrected chi connectivity index (χ1v) is 6.06. The second-order valence-electron chi connectivity index (χ2n) is 3.85. The van der Waals surface area contributed by atoms with Crippen LogP contribution in [0.3, 0.4) is 0 Å². The third-order valence-corrected chi connectivity index (χ3v) is 2.46. The number of pyridine rings is 2. The molecule has 2 aromatic rings. The van der Waals surface area contributed by atoms with E-state index in [1.165, 1.54) is 12.4 Å². The van der Waals surface area contributed by atoms with Crippen LogP contribution < -0.4 is 21.3 Å². The fraction of sp³-hybridized carbons (Fsp3) is 0.154. The number of nitrogen functional groups attached to an aromatic ring is 1. The smallest absolute Gasteiger partial charge is 0.257 e. The van der Waals surface area contributed by atoms with E-state index in [9.17, 15) is 4.79 Å². The number of ether oxygens (including phenoxy) is 1. The summed E-state index contributed by atoms with van der Waals surface area (Å²) in [7, 11) is 0. The first kappa shape index (κ1) is 13.8. The SMILES string of the molecule is CCOc1ccc(NC(=O)c2ccc(NN)nc2)cn1. The number of rotatable bonds is 5. The fourth-order valence-corrected chi connectivity index (χ4v) is 1.50. The molecule has 0 aliphatic carbocycles. The molecule has 0 saturated heterocycles. The molecule has 2 heterocycles. The fourth-order valence-electron chi connectivity index (χ4n) is 1.50. The summed E-state index contributed by atoms with van der Waals surface area (Å²) in [6.45, 7) is 2.43. The van der Waals surface area contributed by atoms with E-state index >= 15 is 0 Å². The van der Waals surface area contributed by atoms with Gasteiger partial charge in [-0.05, 0) is 25.1 Å². The number of carbonyl (C=O) groups is 1. The van der Waals surface area contributed by atoms with Gasteiger partial charge in [0.15, 0.2) is 0 Å². The highest BCUT2D eigenvalue weighted by molar-refractivity contribution is 6.04. The van der Waals surface area contributed by atoms with Crippen molar-refractivity contribution in [3.8, 4) is 5.88 Å². The van der Waals surface area contributed by atoms with Crippen LogP contribution in [0.2, 0.25) is 0 Å². The van der Waals surface area contributed by atoms with E-state index in [2.05, 4.69) is 20.7 Å². The molecule has 0 atom stereocenters. The summed E-state index contributed by atoms with van der Waals surface area (Å²) < 4.78 is 5.22. The van der Waals surface area contributed by atoms with Gasteiger partial charge in [-0.25, -0.2) is 15.8 Å². The van der Waals surface area contributed by atoms with Crippen LogP contribution >= 0.6 is 0 Å². The quantitative estimate of drug-likeness (QED) is 0.562. The average Bonchev–Trinajstić information content (AvgIpc) is 2.49. The van der Waals surface area contributed by atoms with Crippen LogP contribution in [0.5, 0.6) is 5.88 Å². The molecule has 0 unspecified atom stereocenters. The number of hydrazine groups is 1. The molecule has 20 heavy (non-hydrogen) atoms. The average molecular weight is 273 g/mol. The molecular weight excluding hydrogens is 258 g/mol. The maximum Gasteiger partial charge on any atom is 0.257 e. The maximum absolute atomic E-state index is 12.0. The molecule has 0 aromatic carbocycles. The predicted octanol–water partition coefficient (Wildman–Crippen LogP) is 1.41. The van der Waals surface area contributed by atoms with Crippen molar-refractivity contribution in [1.82, 2.24) is 9.97 Å². The van der Waals surface area contributed by atoms with Gasteiger partial charge in [0.2, 0.25) is 5.88 Å². The lowest BCUT2D eigenvalue weighted by molar-refractivity contribution is 0.102. The minimum absolute atomic E-state index is 0.271. The van der Waals surface area contributed by atoms with Gasteiger partial charge >= 0.3 is 0 Å². The summed E-state index contributed by atoms with van der Waals surface area (Å²) in [5.74, 6) is 5.94. The highest BCUT2D eigenvalue weighted by Gasteiger charge is 2.07. The molecule has 0 fully saturated rings. The summed E-state index contributed by atoms with van der Waals surface area (Å²) in [6, 6.07) is 6.66. The van der Waals surface area contributed by atoms with Crippen molar-refractivity contribution in [1.29, 1.82) is 0 Å². The zero-order valence-electron chi connectivity index (χ0n) is 11.0. The van der Waals surface area contributed by atoms with Crippen LogP contribution in [0.15, 0.2) is 36.7 Å². The Kier molecular flexibility index (Phi) is 4.46. The Balaban J connectivity index is 2.02. The molecule has 7 heteroatoms. The molecule has 0 aliphatic heterocycles. The number of nitrogens with one attached hydrogen (secondary N) is 2. The number of nitrogens with zero attached hydrogens (tertiary/aromatic N) is 2. The Hall–Kier alpha value is -2.67. The Morgan fingerprint density at radius 1 is 1.25 bits per heavy atom. The van der Waals surface area contributed by atoms with Gasteiger partial charge in [0.25, 0.3) is 5.91 Å². The van der Waals surface area contributed by atoms with E-state index in [1.807, 2.05) is 6.92 Å². The number of nitrogens with two attached hydrogens (primary N) is 1. The molecule has 0 radical (unpaired) electrons. The van der Waals surface area contributed by atoms with Crippen molar-refractivity contribution in [3.05, 3.63) is 42.2 Å². The molecule has 0 saturated carbocycles. The van der Waals surface area contributed by atoms with Crippen molar-refractivity contribution in [2.75, 3.05) is 17.3 Å². The largest absolute Gasteiger partial charge is 0.478 e. The van der Waals surface area contributed by atoms with E-state index in [0.29, 0.717) is 29.6 Å². The summed E-state index contributed by atoms with van der Waals surface area (Å²) >= 11 is 0. The van der Waals surface area contributed by atoms with Crippen LogP contribution in [0.4, 0.5) is 11.5 Å². The van der Waals surface area contributed by atoms with E-state index in [0.717, 1.165) is 0 Å². The van der Waals surface area contributed by atoms with E-state index in [4.69, 9.17) is 10.6 Å². The number of amides is 1. The Morgan fingerprint density at radius 2 is 2.10 bits per heavy atom. The highest BCUT2D eigenvalue weighted by Crippen LogP contribution is 2.13. The van der Waals surface area contributed by atoms with Crippen LogP contribution in [-0.2, 0) is 0 Å². The number of anilines is 2. The van der Waals surface area contributed by atoms with E-state index in [-0.39, 0.29) is 5.91 Å². The number of aromatic nitrogens is 2. The zero-order valence-corrected chi connectivity index (χ0v) is 11.0. The molecule has 1 amide bonds. The molecular formula is C13H15N5O2. The lowest BCUT2D eigenvalue weighted by Crippen LogP contribution is -2.13. The molecule has 0 bridgehead atoms. The normalized spacial score (nSPS) is 9.90. The topological polar surface area (TPSA) is 102 Å². The third kappa shape index (κ3) is 3.42. The van der Waals surface area contributed by atoms with E-state index < -0.39 is 0 Å². The van der Waals surface area contributed by atoms with Crippen molar-refractivity contribution in [2.24, 2.45) is 5.84 Å². The summed E-state index contributed by atoms with van der Waals surface area (Å²) in [5.41, 5.74) is 3.41. The predicted molar refractivity (Wildman–Crippen MR) is 75.4 cm³/mol. The molecule has 0 spiro atoms. The number of hydrogen-bond acceptors (Lipinski definition) is 6. The van der Waals surface area contributed by atoms with Gasteiger partial charge in [-0.1, -0.05) is 0 Å². The Morgan fingerprint density at radius 3 is 2.65 bits per heavy atom. The Labute approximate surface area is 116 Å². The first-order valence-electron chi connectivity index (χ1n) is 6.06. The number of hydrogen-bond donors (Lipinski definition) is 3. The summed E-state index contributed by atoms with van der Waals surface area (Å²) in [5, 5.41) is 2.72. The molecule has 104 valence electrons. The first-order chi connectivity index (χ1) is 9.72. The van der Waals surface area contributed by atoms with Gasteiger partial charge in [-0.2, -0.15) is 0 Å². The highest BCUT2D eigenvalue weighted by atomic mass is 16.5. The van der Waals surface area contributed by atoms with Crippen molar-refractivity contribution >= 4 is 17.4 Å². The molecule has 2 rings (SSSR count). The summed E-state index contributed by atoms with van der Waals surface area (Å²) in [6.07, 6.45) is 2.97. The molecule has 2 aromatic heterocycles. The lowest BCUT2D eigenvalue weighted by Gasteiger charge is -2.06. The standard InChI is InChI=1S/C13H15N5O2/c1-2-20-12-6-4-10(8-16-12)17-13(19)9-3-5-11(18-14)15-7-9/h3-8H,2,14H2,1H3,(H,15,18)(H,17,19). The monoisotopic (exact) mass is 273 g/mol. The third-order valence-electron chi connectivity index (χ3n) is 2.46. The van der Waals surface area contributed by atoms with Crippen molar-refractivity contribution in [3.63, 3.8) is 0 Å². The van der Waals surface area contributed by atoms with Crippen LogP contribution in [-0.4, -0.2) is 22.5 Å². The second kappa shape index (κ2) is 6.48. The molecule has 4 N–H and O–H groups in total. The summed E-state index contributed by atoms with van der Waals surface area (Å²) in [4.78, 5) is 20.0. The minimum atomic E-state index is -0.271. The molecule has 7 nitrogen and oxygen atoms in total. The molecule has 0 aliphatic rings. The lowest BCUT2D eigenvalue weighted by atomic mass is 10.2. The number of carbonyl (C=O) groups excluding carboxylic acids is 1. The van der Waals surface area contributed by atoms with Crippen molar-refractivity contribution in [2.45, 2.75) is 6.92 Å². The Bertz CT molecular complexity index is 568. The van der Waals surface area contributed by atoms with Crippen LogP contribution in [0, 0.1) is 0 Å². The van der Waals surface area contributed by atoms with Crippen LogP contribution in [0.1, 0.15) is 17.3 Å². The van der Waals surface area contributed by atoms with Gasteiger partial charge in [0, 0.05) is 12.3 Å². The van der Waals surface area contributed by atoms with Gasteiger partial charge in [0.1, 0.15) is 5.82 Å².